The Morgan fingerprint density at radius 2 is 1.55 bits per heavy atom. The van der Waals surface area contributed by atoms with Crippen LogP contribution < -0.4 is 0 Å². The second kappa shape index (κ2) is 13.0. The topological polar surface area (TPSA) is 0 Å². The van der Waals surface area contributed by atoms with E-state index in [9.17, 15) is 0 Å². The first kappa shape index (κ1) is 23.9. The van der Waals surface area contributed by atoms with Gasteiger partial charge in [0.1, 0.15) is 0 Å². The van der Waals surface area contributed by atoms with Crippen molar-refractivity contribution in [3.05, 3.63) is 58.6 Å². The van der Waals surface area contributed by atoms with Crippen molar-refractivity contribution >= 4 is 11.6 Å². The molecule has 0 spiro atoms. The zero-order valence-corrected chi connectivity index (χ0v) is 20.3. The minimum Gasteiger partial charge on any atom is -0.0945 e. The largest absolute Gasteiger partial charge is 0.0945 e. The Hall–Kier alpha value is -1.71. The first-order valence-corrected chi connectivity index (χ1v) is 13.0. The first-order chi connectivity index (χ1) is 15.2. The van der Waals surface area contributed by atoms with E-state index < -0.39 is 0 Å². The quantitative estimate of drug-likeness (QED) is 0.272. The van der Waals surface area contributed by atoms with Crippen LogP contribution >= 0.6 is 11.6 Å². The van der Waals surface area contributed by atoms with E-state index in [0.717, 1.165) is 28.5 Å². The van der Waals surface area contributed by atoms with Crippen LogP contribution in [0.25, 0.3) is 11.1 Å². The SMILES string of the molecule is CCCCCc1ccc(-c2ccc(C#CC3CCC(CCCCC)CC3)cc2Cl)cc1. The molecule has 1 fully saturated rings. The fourth-order valence-corrected chi connectivity index (χ4v) is 5.01. The molecule has 0 unspecified atom stereocenters. The summed E-state index contributed by atoms with van der Waals surface area (Å²) in [6.45, 7) is 4.54. The van der Waals surface area contributed by atoms with Gasteiger partial charge in [-0.25, -0.2) is 0 Å². The summed E-state index contributed by atoms with van der Waals surface area (Å²) in [6.07, 6.45) is 15.8. The lowest BCUT2D eigenvalue weighted by molar-refractivity contribution is 0.294. The molecular formula is C30H39Cl. The van der Waals surface area contributed by atoms with Crippen molar-refractivity contribution in [2.75, 3.05) is 0 Å². The molecule has 2 aromatic rings. The fraction of sp³-hybridized carbons (Fsp3) is 0.533. The Morgan fingerprint density at radius 3 is 2.23 bits per heavy atom. The van der Waals surface area contributed by atoms with Crippen LogP contribution in [0.2, 0.25) is 5.02 Å². The third-order valence-electron chi connectivity index (χ3n) is 6.79. The van der Waals surface area contributed by atoms with Gasteiger partial charge < -0.3 is 0 Å². The minimum absolute atomic E-state index is 0.557. The highest BCUT2D eigenvalue weighted by molar-refractivity contribution is 6.33. The van der Waals surface area contributed by atoms with Gasteiger partial charge in [0.05, 0.1) is 0 Å². The summed E-state index contributed by atoms with van der Waals surface area (Å²) in [5.41, 5.74) is 4.73. The van der Waals surface area contributed by atoms with E-state index in [2.05, 4.69) is 62.1 Å². The van der Waals surface area contributed by atoms with Gasteiger partial charge >= 0.3 is 0 Å². The summed E-state index contributed by atoms with van der Waals surface area (Å²) in [7, 11) is 0. The van der Waals surface area contributed by atoms with Crippen LogP contribution in [-0.4, -0.2) is 0 Å². The van der Waals surface area contributed by atoms with Gasteiger partial charge in [0.15, 0.2) is 0 Å². The molecule has 2 aromatic carbocycles. The molecule has 31 heavy (non-hydrogen) atoms. The smallest absolute Gasteiger partial charge is 0.0496 e. The zero-order chi connectivity index (χ0) is 21.9. The van der Waals surface area contributed by atoms with Gasteiger partial charge in [-0.15, -0.1) is 0 Å². The lowest BCUT2D eigenvalue weighted by atomic mass is 9.80. The lowest BCUT2D eigenvalue weighted by Crippen LogP contribution is -2.13. The fourth-order valence-electron chi connectivity index (χ4n) is 4.72. The number of rotatable bonds is 9. The number of unbranched alkanes of at least 4 members (excludes halogenated alkanes) is 4. The zero-order valence-electron chi connectivity index (χ0n) is 19.6. The van der Waals surface area contributed by atoms with E-state index >= 15 is 0 Å². The van der Waals surface area contributed by atoms with E-state index in [0.29, 0.717) is 5.92 Å². The molecule has 0 saturated heterocycles. The minimum atomic E-state index is 0.557. The lowest BCUT2D eigenvalue weighted by Gasteiger charge is -2.25. The summed E-state index contributed by atoms with van der Waals surface area (Å²) in [4.78, 5) is 0. The molecule has 1 aliphatic carbocycles. The van der Waals surface area contributed by atoms with Crippen molar-refractivity contribution in [3.63, 3.8) is 0 Å². The number of benzene rings is 2. The Kier molecular flexibility index (Phi) is 10.0. The van der Waals surface area contributed by atoms with Crippen LogP contribution in [0, 0.1) is 23.7 Å². The summed E-state index contributed by atoms with van der Waals surface area (Å²) in [5.74, 6) is 8.44. The molecule has 0 radical (unpaired) electrons. The third kappa shape index (κ3) is 7.73. The molecule has 0 amide bonds. The number of hydrogen-bond donors (Lipinski definition) is 0. The van der Waals surface area contributed by atoms with E-state index in [-0.39, 0.29) is 0 Å². The van der Waals surface area contributed by atoms with Crippen molar-refractivity contribution < 1.29 is 0 Å². The Labute approximate surface area is 195 Å². The molecule has 0 nitrogen and oxygen atoms in total. The highest BCUT2D eigenvalue weighted by Gasteiger charge is 2.19. The van der Waals surface area contributed by atoms with Crippen molar-refractivity contribution in [2.45, 2.75) is 90.9 Å². The van der Waals surface area contributed by atoms with Crippen molar-refractivity contribution in [1.82, 2.24) is 0 Å². The number of aryl methyl sites for hydroxylation is 1. The van der Waals surface area contributed by atoms with Crippen molar-refractivity contribution in [2.24, 2.45) is 11.8 Å². The van der Waals surface area contributed by atoms with Gasteiger partial charge in [-0.05, 0) is 67.7 Å². The highest BCUT2D eigenvalue weighted by Crippen LogP contribution is 2.32. The molecule has 0 N–H and O–H groups in total. The summed E-state index contributed by atoms with van der Waals surface area (Å²) in [5, 5.41) is 0.796. The molecule has 0 bridgehead atoms. The monoisotopic (exact) mass is 434 g/mol. The average molecular weight is 435 g/mol. The van der Waals surface area contributed by atoms with Crippen LogP contribution in [0.3, 0.4) is 0 Å². The second-order valence-electron chi connectivity index (χ2n) is 9.33. The van der Waals surface area contributed by atoms with Gasteiger partial charge in [-0.1, -0.05) is 106 Å². The Balaban J connectivity index is 1.55. The van der Waals surface area contributed by atoms with Gasteiger partial charge in [-0.2, -0.15) is 0 Å². The predicted octanol–water partition coefficient (Wildman–Crippen LogP) is 9.48. The maximum absolute atomic E-state index is 6.64. The standard InChI is InChI=1S/C30H39Cl/c1-3-5-7-9-24-11-13-26(14-12-24)15-16-27-19-22-29(30(31)23-27)28-20-17-25(18-21-28)10-8-6-4-2/h17-24,26H,3-14H2,1-2H3. The van der Waals surface area contributed by atoms with Crippen LogP contribution in [0.15, 0.2) is 42.5 Å². The summed E-state index contributed by atoms with van der Waals surface area (Å²) in [6, 6.07) is 15.2. The molecule has 1 heteroatoms. The molecule has 3 rings (SSSR count). The van der Waals surface area contributed by atoms with E-state index in [1.807, 2.05) is 6.07 Å². The van der Waals surface area contributed by atoms with Crippen LogP contribution in [0.1, 0.15) is 95.6 Å². The number of hydrogen-bond acceptors (Lipinski definition) is 0. The van der Waals surface area contributed by atoms with Gasteiger partial charge in [0.2, 0.25) is 0 Å². The maximum atomic E-state index is 6.64. The molecule has 0 aliphatic heterocycles. The normalized spacial score (nSPS) is 18.4. The second-order valence-corrected chi connectivity index (χ2v) is 9.74. The van der Waals surface area contributed by atoms with E-state index in [1.165, 1.54) is 81.8 Å². The van der Waals surface area contributed by atoms with Crippen molar-refractivity contribution in [1.29, 1.82) is 0 Å². The van der Waals surface area contributed by atoms with E-state index in [1.54, 1.807) is 0 Å². The van der Waals surface area contributed by atoms with Crippen LogP contribution in [0.4, 0.5) is 0 Å². The molecule has 0 aromatic heterocycles. The Bertz CT molecular complexity index is 844. The molecule has 1 saturated carbocycles. The van der Waals surface area contributed by atoms with E-state index in [4.69, 9.17) is 11.6 Å². The molecule has 166 valence electrons. The number of halogens is 1. The third-order valence-corrected chi connectivity index (χ3v) is 7.10. The summed E-state index contributed by atoms with van der Waals surface area (Å²) >= 11 is 6.64. The first-order valence-electron chi connectivity index (χ1n) is 12.6. The average Bonchev–Trinajstić information content (AvgIpc) is 2.80. The molecule has 0 atom stereocenters. The van der Waals surface area contributed by atoms with Crippen LogP contribution in [-0.2, 0) is 6.42 Å². The van der Waals surface area contributed by atoms with Crippen molar-refractivity contribution in [3.8, 4) is 23.0 Å². The van der Waals surface area contributed by atoms with Gasteiger partial charge in [-0.3, -0.25) is 0 Å². The maximum Gasteiger partial charge on any atom is 0.0496 e. The predicted molar refractivity (Wildman–Crippen MR) is 137 cm³/mol. The highest BCUT2D eigenvalue weighted by atomic mass is 35.5. The Morgan fingerprint density at radius 1 is 0.839 bits per heavy atom. The van der Waals surface area contributed by atoms with Crippen LogP contribution in [0.5, 0.6) is 0 Å². The summed E-state index contributed by atoms with van der Waals surface area (Å²) < 4.78 is 0. The molecular weight excluding hydrogens is 396 g/mol. The van der Waals surface area contributed by atoms with Gasteiger partial charge in [0.25, 0.3) is 0 Å². The molecule has 1 aliphatic rings. The molecule has 0 heterocycles. The van der Waals surface area contributed by atoms with Gasteiger partial charge in [0, 0.05) is 22.1 Å².